The number of anilines is 1. The largest absolute Gasteiger partial charge is 0.480 e. The monoisotopic (exact) mass is 1150 g/mol. The average Bonchev–Trinajstić information content (AvgIpc) is 4.29. The van der Waals surface area contributed by atoms with Gasteiger partial charge in [0.05, 0.1) is 29.8 Å². The summed E-state index contributed by atoms with van der Waals surface area (Å²) in [5, 5.41) is 32.8. The Labute approximate surface area is 461 Å². The number of carboxylic acids is 1. The summed E-state index contributed by atoms with van der Waals surface area (Å²) in [6.07, 6.45) is 1.98. The number of amides is 4. The highest BCUT2D eigenvalue weighted by Crippen LogP contribution is 2.39. The number of ether oxygens (including phenoxy) is 2. The topological polar surface area (TPSA) is 295 Å². The van der Waals surface area contributed by atoms with Crippen molar-refractivity contribution in [2.75, 3.05) is 39.2 Å². The van der Waals surface area contributed by atoms with E-state index in [9.17, 15) is 33.9 Å². The van der Waals surface area contributed by atoms with Crippen molar-refractivity contribution >= 4 is 115 Å². The van der Waals surface area contributed by atoms with Crippen molar-refractivity contribution in [2.24, 2.45) is 4.99 Å². The van der Waals surface area contributed by atoms with Crippen LogP contribution in [0.1, 0.15) is 76.5 Å². The maximum atomic E-state index is 13.6. The number of aliphatic imine (C=N–C) groups is 1. The molecule has 5 N–H and O–H groups in total. The van der Waals surface area contributed by atoms with Crippen LogP contribution in [-0.4, -0.2) is 133 Å². The molecule has 0 aliphatic carbocycles. The lowest BCUT2D eigenvalue weighted by Crippen LogP contribution is -2.45. The van der Waals surface area contributed by atoms with Crippen molar-refractivity contribution in [3.05, 3.63) is 113 Å². The molecule has 1 saturated heterocycles. The molecule has 10 rings (SSSR count). The molecule has 7 aromatic heterocycles. The van der Waals surface area contributed by atoms with Crippen LogP contribution >= 0.6 is 68.0 Å². The molecule has 394 valence electrons. The highest BCUT2D eigenvalue weighted by Gasteiger charge is 2.39. The first-order valence-corrected chi connectivity index (χ1v) is 28.7. The number of nitrogens with one attached hydrogen (secondary N) is 4. The quantitative estimate of drug-likeness (QED) is 0.0482. The lowest BCUT2D eigenvalue weighted by Gasteiger charge is -2.22. The molecule has 0 radical (unpaired) electrons. The van der Waals surface area contributed by atoms with Crippen molar-refractivity contribution < 1.29 is 43.3 Å². The van der Waals surface area contributed by atoms with Gasteiger partial charge in [-0.1, -0.05) is 30.3 Å². The summed E-state index contributed by atoms with van der Waals surface area (Å²) >= 11 is 7.67. The lowest BCUT2D eigenvalue weighted by atomic mass is 10.1. The number of carbonyl (C=O) groups is 6. The number of thiazole rings is 6. The van der Waals surface area contributed by atoms with Gasteiger partial charge in [-0.05, 0) is 44.0 Å². The SMILES string of the molecule is CNCc1nc(C(=O)NCC(=O)NC(Cc2ccccc2)c2nc(-c3nc(-c4nc(-c5nc(C6=NC(C(=O)N7CCCC7C(=O)O)CO6)cs5)ccc4-c4nc(C(=O)Nc5nc(C=O)cs5)cs4)cs3)cs2)c(COC)s1. The van der Waals surface area contributed by atoms with Crippen LogP contribution in [0.25, 0.3) is 43.4 Å². The van der Waals surface area contributed by atoms with Crippen LogP contribution < -0.4 is 21.3 Å². The molecule has 8 aromatic rings. The van der Waals surface area contributed by atoms with E-state index in [2.05, 4.69) is 41.2 Å². The normalized spacial score (nSPS) is 15.5. The summed E-state index contributed by atoms with van der Waals surface area (Å²) in [6.45, 7) is 0.664. The summed E-state index contributed by atoms with van der Waals surface area (Å²) in [7, 11) is 3.33. The summed E-state index contributed by atoms with van der Waals surface area (Å²) in [5.74, 6) is -2.72. The molecular formula is C49H43N13O9S6. The molecule has 0 saturated carbocycles. The Hall–Kier alpha value is -7.44. The molecule has 2 aliphatic rings. The maximum Gasteiger partial charge on any atom is 0.326 e. The number of carbonyl (C=O) groups excluding carboxylic acids is 5. The average molecular weight is 1150 g/mol. The number of aldehydes is 1. The summed E-state index contributed by atoms with van der Waals surface area (Å²) in [5.41, 5.74) is 4.36. The minimum atomic E-state index is -1.05. The fraction of sp³-hybridized carbons (Fsp3) is 0.265. The first-order chi connectivity index (χ1) is 37.4. The van der Waals surface area contributed by atoms with Gasteiger partial charge in [-0.2, -0.15) is 0 Å². The molecule has 9 heterocycles. The zero-order valence-corrected chi connectivity index (χ0v) is 45.5. The molecule has 1 fully saturated rings. The molecule has 77 heavy (non-hydrogen) atoms. The highest BCUT2D eigenvalue weighted by molar-refractivity contribution is 7.15. The van der Waals surface area contributed by atoms with Gasteiger partial charge in [0.25, 0.3) is 17.7 Å². The lowest BCUT2D eigenvalue weighted by molar-refractivity contribution is -0.148. The smallest absolute Gasteiger partial charge is 0.326 e. The Morgan fingerprint density at radius 1 is 0.844 bits per heavy atom. The highest BCUT2D eigenvalue weighted by atomic mass is 32.1. The van der Waals surface area contributed by atoms with E-state index >= 15 is 0 Å². The van der Waals surface area contributed by atoms with E-state index in [0.717, 1.165) is 21.9 Å². The van der Waals surface area contributed by atoms with Gasteiger partial charge < -0.3 is 35.4 Å². The predicted octanol–water partition coefficient (Wildman–Crippen LogP) is 6.47. The number of nitrogens with zero attached hydrogens (tertiary/aromatic N) is 9. The van der Waals surface area contributed by atoms with Gasteiger partial charge in [0.15, 0.2) is 17.5 Å². The summed E-state index contributed by atoms with van der Waals surface area (Å²) < 4.78 is 11.1. The van der Waals surface area contributed by atoms with E-state index in [1.165, 1.54) is 74.1 Å². The number of benzene rings is 1. The first-order valence-electron chi connectivity index (χ1n) is 23.5. The number of aliphatic carboxylic acids is 1. The van der Waals surface area contributed by atoms with Gasteiger partial charge in [0.2, 0.25) is 11.8 Å². The molecule has 4 amide bonds. The molecule has 1 aromatic carbocycles. The van der Waals surface area contributed by atoms with Gasteiger partial charge in [-0.3, -0.25) is 29.3 Å². The number of aromatic nitrogens is 7. The number of likely N-dealkylation sites (tertiary alicyclic amines) is 1. The molecule has 0 bridgehead atoms. The number of pyridine rings is 1. The number of methoxy groups -OCH3 is 1. The van der Waals surface area contributed by atoms with Crippen LogP contribution in [0.15, 0.2) is 74.4 Å². The summed E-state index contributed by atoms with van der Waals surface area (Å²) in [6, 6.07) is 10.9. The van der Waals surface area contributed by atoms with Gasteiger partial charge in [0, 0.05) is 52.7 Å². The fourth-order valence-electron chi connectivity index (χ4n) is 8.23. The minimum Gasteiger partial charge on any atom is -0.480 e. The van der Waals surface area contributed by atoms with Crippen LogP contribution in [-0.2, 0) is 43.4 Å². The number of hydrogen-bond acceptors (Lipinski definition) is 23. The van der Waals surface area contributed by atoms with Crippen molar-refractivity contribution in [2.45, 2.75) is 50.5 Å². The van der Waals surface area contributed by atoms with Gasteiger partial charge in [-0.25, -0.2) is 44.7 Å². The van der Waals surface area contributed by atoms with Crippen LogP contribution in [0.5, 0.6) is 0 Å². The van der Waals surface area contributed by atoms with E-state index in [0.29, 0.717) is 97.6 Å². The Kier molecular flexibility index (Phi) is 16.4. The Morgan fingerprint density at radius 2 is 1.62 bits per heavy atom. The van der Waals surface area contributed by atoms with Crippen LogP contribution in [0, 0.1) is 0 Å². The van der Waals surface area contributed by atoms with Crippen molar-refractivity contribution in [1.29, 1.82) is 0 Å². The second-order valence-corrected chi connectivity index (χ2v) is 22.5. The van der Waals surface area contributed by atoms with E-state index in [1.807, 2.05) is 47.2 Å². The van der Waals surface area contributed by atoms with Crippen LogP contribution in [0.4, 0.5) is 5.13 Å². The summed E-state index contributed by atoms with van der Waals surface area (Å²) in [4.78, 5) is 116. The standard InChI is InChI=1S/C49H43N13O9S6/c1-50-15-37-60-39(35(77-37)18-70-2)41(66)51-14-36(64)53-28(13-24-7-4-3-5-8-24)45-59-33(23-75-45)46-56-30(20-73-46)38-26(43-57-31(21-72-43)40(65)61-49-52-25(16-63)19-76-49)10-11-27(54-38)44-58-32(22-74-44)42-55-29(17-71-42)47(67)62-12-6-9-34(62)48(68)69/h3-5,7-8,10-11,16,19-23,28-29,34,50H,6,9,12-15,17-18H2,1-2H3,(H,51,66)(H,53,64)(H,68,69)(H,52,61,65). The predicted molar refractivity (Wildman–Crippen MR) is 292 cm³/mol. The van der Waals surface area contributed by atoms with Crippen molar-refractivity contribution in [3.8, 4) is 43.4 Å². The molecule has 3 atom stereocenters. The molecule has 0 spiro atoms. The third-order valence-corrected chi connectivity index (χ3v) is 17.2. The van der Waals surface area contributed by atoms with Gasteiger partial charge in [-0.15, -0.1) is 68.0 Å². The van der Waals surface area contributed by atoms with Crippen molar-refractivity contribution in [3.63, 3.8) is 0 Å². The molecular weight excluding hydrogens is 1110 g/mol. The zero-order chi connectivity index (χ0) is 53.6. The number of hydrogen-bond donors (Lipinski definition) is 5. The molecule has 28 heteroatoms. The van der Waals surface area contributed by atoms with E-state index < -0.39 is 47.7 Å². The molecule has 3 unspecified atom stereocenters. The van der Waals surface area contributed by atoms with E-state index in [-0.39, 0.29) is 47.9 Å². The first kappa shape index (κ1) is 53.0. The third-order valence-electron chi connectivity index (χ3n) is 11.8. The Bertz CT molecular complexity index is 3530. The van der Waals surface area contributed by atoms with Crippen LogP contribution in [0.3, 0.4) is 0 Å². The number of carboxylic acid groups (broad SMARTS) is 1. The van der Waals surface area contributed by atoms with Crippen molar-refractivity contribution in [1.82, 2.24) is 55.7 Å². The number of rotatable bonds is 21. The van der Waals surface area contributed by atoms with Crippen LogP contribution in [0.2, 0.25) is 0 Å². The maximum absolute atomic E-state index is 13.6. The van der Waals surface area contributed by atoms with E-state index in [4.69, 9.17) is 29.4 Å². The second-order valence-electron chi connectivity index (χ2n) is 17.1. The second kappa shape index (κ2) is 23.8. The third kappa shape index (κ3) is 12.1. The zero-order valence-electron chi connectivity index (χ0n) is 40.6. The minimum absolute atomic E-state index is 0.0452. The Balaban J connectivity index is 0.914. The Morgan fingerprint density at radius 3 is 2.40 bits per heavy atom. The van der Waals surface area contributed by atoms with E-state index in [1.54, 1.807) is 23.9 Å². The van der Waals surface area contributed by atoms with Gasteiger partial charge >= 0.3 is 5.97 Å². The molecule has 22 nitrogen and oxygen atoms in total. The van der Waals surface area contributed by atoms with Gasteiger partial charge in [0.1, 0.15) is 77.5 Å². The molecule has 2 aliphatic heterocycles. The fourth-order valence-corrected chi connectivity index (χ4v) is 13.2.